The second-order valence-electron chi connectivity index (χ2n) is 7.35. The Kier molecular flexibility index (Phi) is 6.37. The van der Waals surface area contributed by atoms with Crippen LogP contribution in [0.4, 0.5) is 0 Å². The molecule has 0 saturated heterocycles. The second kappa shape index (κ2) is 8.74. The van der Waals surface area contributed by atoms with E-state index in [0.29, 0.717) is 34.4 Å². The zero-order valence-electron chi connectivity index (χ0n) is 16.0. The third-order valence-corrected chi connectivity index (χ3v) is 6.50. The van der Waals surface area contributed by atoms with Crippen molar-refractivity contribution in [2.75, 3.05) is 5.75 Å². The van der Waals surface area contributed by atoms with E-state index in [2.05, 4.69) is 30.7 Å². The maximum atomic E-state index is 12.7. The molecule has 0 spiro atoms. The number of carbonyl (C=O) groups excluding carboxylic acids is 1. The van der Waals surface area contributed by atoms with Crippen molar-refractivity contribution in [3.05, 3.63) is 47.3 Å². The minimum Gasteiger partial charge on any atom is -0.352 e. The van der Waals surface area contributed by atoms with Crippen molar-refractivity contribution in [2.45, 2.75) is 50.9 Å². The lowest BCUT2D eigenvalue weighted by Gasteiger charge is -2.34. The van der Waals surface area contributed by atoms with E-state index in [1.807, 2.05) is 18.2 Å². The number of nitrogens with one attached hydrogen (secondary N) is 1. The number of carbonyl (C=O) groups is 1. The fourth-order valence-corrected chi connectivity index (χ4v) is 4.53. The molecule has 1 aromatic heterocycles. The third kappa shape index (κ3) is 4.43. The van der Waals surface area contributed by atoms with Gasteiger partial charge in [0, 0.05) is 12.6 Å². The average molecular weight is 386 g/mol. The van der Waals surface area contributed by atoms with E-state index in [1.54, 1.807) is 16.7 Å². The van der Waals surface area contributed by atoms with Gasteiger partial charge in [0.1, 0.15) is 0 Å². The van der Waals surface area contributed by atoms with Gasteiger partial charge in [-0.25, -0.2) is 4.98 Å². The highest BCUT2D eigenvalue weighted by atomic mass is 32.2. The van der Waals surface area contributed by atoms with Crippen LogP contribution in [0.1, 0.15) is 33.1 Å². The Morgan fingerprint density at radius 1 is 1.37 bits per heavy atom. The van der Waals surface area contributed by atoms with Crippen molar-refractivity contribution in [1.82, 2.24) is 14.9 Å². The van der Waals surface area contributed by atoms with E-state index in [-0.39, 0.29) is 23.3 Å². The molecule has 1 amide bonds. The first-order valence-corrected chi connectivity index (χ1v) is 10.5. The number of rotatable bonds is 6. The van der Waals surface area contributed by atoms with Gasteiger partial charge in [0.15, 0.2) is 5.16 Å². The van der Waals surface area contributed by atoms with Crippen LogP contribution in [0, 0.1) is 11.8 Å². The molecule has 2 aromatic rings. The van der Waals surface area contributed by atoms with Crippen molar-refractivity contribution >= 4 is 28.6 Å². The molecule has 144 valence electrons. The summed E-state index contributed by atoms with van der Waals surface area (Å²) in [5.74, 6) is 1.38. The molecule has 1 fully saturated rings. The molecule has 3 rings (SSSR count). The Hall–Kier alpha value is -2.08. The summed E-state index contributed by atoms with van der Waals surface area (Å²) in [6.07, 6.45) is 5.11. The summed E-state index contributed by atoms with van der Waals surface area (Å²) in [4.78, 5) is 29.8. The zero-order chi connectivity index (χ0) is 19.4. The zero-order valence-corrected chi connectivity index (χ0v) is 16.8. The lowest BCUT2D eigenvalue weighted by molar-refractivity contribution is -0.120. The predicted molar refractivity (Wildman–Crippen MR) is 111 cm³/mol. The molecule has 0 aliphatic heterocycles. The molecule has 0 unspecified atom stereocenters. The van der Waals surface area contributed by atoms with Gasteiger partial charge in [-0.1, -0.05) is 56.7 Å². The number of thioether (sulfide) groups is 1. The summed E-state index contributed by atoms with van der Waals surface area (Å²) < 4.78 is 1.58. The molecule has 0 radical (unpaired) electrons. The summed E-state index contributed by atoms with van der Waals surface area (Å²) in [5.41, 5.74) is 0.554. The van der Waals surface area contributed by atoms with Crippen LogP contribution >= 0.6 is 11.8 Å². The number of allylic oxidation sites excluding steroid dienone is 1. The van der Waals surface area contributed by atoms with Gasteiger partial charge in [-0.2, -0.15) is 0 Å². The van der Waals surface area contributed by atoms with Gasteiger partial charge in [0.2, 0.25) is 5.91 Å². The van der Waals surface area contributed by atoms with Crippen LogP contribution in [0.15, 0.2) is 46.9 Å². The van der Waals surface area contributed by atoms with Crippen LogP contribution in [0.5, 0.6) is 0 Å². The molecule has 27 heavy (non-hydrogen) atoms. The van der Waals surface area contributed by atoms with E-state index < -0.39 is 0 Å². The first-order valence-electron chi connectivity index (χ1n) is 9.54. The fraction of sp³-hybridized carbons (Fsp3) is 0.476. The van der Waals surface area contributed by atoms with E-state index in [9.17, 15) is 9.59 Å². The van der Waals surface area contributed by atoms with Crippen molar-refractivity contribution in [1.29, 1.82) is 0 Å². The van der Waals surface area contributed by atoms with Gasteiger partial charge < -0.3 is 5.32 Å². The van der Waals surface area contributed by atoms with Gasteiger partial charge in [-0.05, 0) is 30.4 Å². The minimum atomic E-state index is -0.0989. The second-order valence-corrected chi connectivity index (χ2v) is 8.29. The first-order chi connectivity index (χ1) is 13.0. The van der Waals surface area contributed by atoms with Crippen molar-refractivity contribution in [3.8, 4) is 0 Å². The van der Waals surface area contributed by atoms with Gasteiger partial charge in [-0.3, -0.25) is 14.2 Å². The Balaban J connectivity index is 1.74. The summed E-state index contributed by atoms with van der Waals surface area (Å²) in [5, 5.41) is 4.31. The van der Waals surface area contributed by atoms with Crippen molar-refractivity contribution < 1.29 is 4.79 Å². The molecule has 1 heterocycles. The molecule has 1 saturated carbocycles. The van der Waals surface area contributed by atoms with Gasteiger partial charge in [-0.15, -0.1) is 6.58 Å². The number of aromatic nitrogens is 2. The summed E-state index contributed by atoms with van der Waals surface area (Å²) in [7, 11) is 0. The Labute approximate surface area is 164 Å². The van der Waals surface area contributed by atoms with Crippen LogP contribution in [0.2, 0.25) is 0 Å². The Morgan fingerprint density at radius 2 is 2.15 bits per heavy atom. The maximum Gasteiger partial charge on any atom is 0.262 e. The first kappa shape index (κ1) is 19.7. The average Bonchev–Trinajstić information content (AvgIpc) is 2.66. The Morgan fingerprint density at radius 3 is 2.93 bits per heavy atom. The minimum absolute atomic E-state index is 0.00138. The number of hydrogen-bond donors (Lipinski definition) is 1. The molecule has 6 heteroatoms. The summed E-state index contributed by atoms with van der Waals surface area (Å²) >= 11 is 1.31. The molecular weight excluding hydrogens is 358 g/mol. The number of hydrogen-bond acceptors (Lipinski definition) is 4. The highest BCUT2D eigenvalue weighted by Crippen LogP contribution is 2.29. The quantitative estimate of drug-likeness (QED) is 0.469. The van der Waals surface area contributed by atoms with Crippen LogP contribution in [-0.4, -0.2) is 27.3 Å². The SMILES string of the molecule is C=CCn1c(SCC(=O)N[C@@H]2CCC[C@@H](C)[C@H]2C)nc2ccccc2c1=O. The molecule has 1 N–H and O–H groups in total. The standard InChI is InChI=1S/C21H27N3O2S/c1-4-12-24-20(26)16-9-5-6-10-18(16)23-21(24)27-13-19(25)22-17-11-7-8-14(2)15(17)3/h4-6,9-10,14-15,17H,1,7-8,11-13H2,2-3H3,(H,22,25)/t14-,15-,17-/m1/s1. The number of fused-ring (bicyclic) bond motifs is 1. The van der Waals surface area contributed by atoms with Gasteiger partial charge in [0.25, 0.3) is 5.56 Å². The lowest BCUT2D eigenvalue weighted by Crippen LogP contribution is -2.44. The van der Waals surface area contributed by atoms with E-state index in [0.717, 1.165) is 12.8 Å². The lowest BCUT2D eigenvalue weighted by atomic mass is 9.78. The maximum absolute atomic E-state index is 12.7. The third-order valence-electron chi connectivity index (χ3n) is 5.52. The largest absolute Gasteiger partial charge is 0.352 e. The summed E-state index contributed by atoms with van der Waals surface area (Å²) in [6, 6.07) is 7.53. The van der Waals surface area contributed by atoms with Crippen LogP contribution in [0.25, 0.3) is 10.9 Å². The van der Waals surface area contributed by atoms with Crippen LogP contribution in [-0.2, 0) is 11.3 Å². The normalized spacial score (nSPS) is 22.5. The van der Waals surface area contributed by atoms with E-state index in [1.165, 1.54) is 18.2 Å². The molecular formula is C21H27N3O2S. The molecule has 0 bridgehead atoms. The summed E-state index contributed by atoms with van der Waals surface area (Å²) in [6.45, 7) is 8.57. The Bertz CT molecular complexity index is 893. The number of amides is 1. The van der Waals surface area contributed by atoms with E-state index >= 15 is 0 Å². The molecule has 1 aliphatic carbocycles. The molecule has 3 atom stereocenters. The number of benzene rings is 1. The molecule has 5 nitrogen and oxygen atoms in total. The smallest absolute Gasteiger partial charge is 0.262 e. The van der Waals surface area contributed by atoms with E-state index in [4.69, 9.17) is 0 Å². The van der Waals surface area contributed by atoms with Crippen LogP contribution < -0.4 is 10.9 Å². The highest BCUT2D eigenvalue weighted by molar-refractivity contribution is 7.99. The fourth-order valence-electron chi connectivity index (χ4n) is 3.71. The molecule has 1 aliphatic rings. The monoisotopic (exact) mass is 385 g/mol. The van der Waals surface area contributed by atoms with Gasteiger partial charge >= 0.3 is 0 Å². The number of nitrogens with zero attached hydrogens (tertiary/aromatic N) is 2. The highest BCUT2D eigenvalue weighted by Gasteiger charge is 2.28. The molecule has 1 aromatic carbocycles. The topological polar surface area (TPSA) is 64.0 Å². The van der Waals surface area contributed by atoms with Crippen molar-refractivity contribution in [3.63, 3.8) is 0 Å². The number of para-hydroxylation sites is 1. The van der Waals surface area contributed by atoms with Crippen LogP contribution in [0.3, 0.4) is 0 Å². The van der Waals surface area contributed by atoms with Gasteiger partial charge in [0.05, 0.1) is 16.7 Å². The predicted octanol–water partition coefficient (Wildman–Crippen LogP) is 3.62. The van der Waals surface area contributed by atoms with Crippen molar-refractivity contribution in [2.24, 2.45) is 11.8 Å².